The number of aromatic nitrogens is 1. The molecular formula is C21H21FN2O. The topological polar surface area (TPSA) is 44.9 Å². The normalized spacial score (nSPS) is 12.4. The Labute approximate surface area is 146 Å². The van der Waals surface area contributed by atoms with Crippen molar-refractivity contribution < 1.29 is 9.18 Å². The zero-order chi connectivity index (χ0) is 18.0. The van der Waals surface area contributed by atoms with E-state index >= 15 is 0 Å². The first-order chi connectivity index (χ1) is 11.8. The second-order valence-electron chi connectivity index (χ2n) is 7.06. The van der Waals surface area contributed by atoms with Crippen LogP contribution in [-0.2, 0) is 10.2 Å². The number of benzene rings is 2. The maximum absolute atomic E-state index is 14.3. The van der Waals surface area contributed by atoms with Gasteiger partial charge in [0.1, 0.15) is 0 Å². The molecular weight excluding hydrogens is 315 g/mol. The van der Waals surface area contributed by atoms with Crippen LogP contribution in [0.4, 0.5) is 10.1 Å². The third-order valence-electron chi connectivity index (χ3n) is 4.13. The van der Waals surface area contributed by atoms with Crippen LogP contribution < -0.4 is 5.32 Å². The average molecular weight is 336 g/mol. The molecule has 1 aromatic heterocycles. The lowest BCUT2D eigenvalue weighted by Crippen LogP contribution is -2.13. The highest BCUT2D eigenvalue weighted by molar-refractivity contribution is 6.06. The molecule has 0 fully saturated rings. The van der Waals surface area contributed by atoms with Gasteiger partial charge in [-0.15, -0.1) is 0 Å². The Morgan fingerprint density at radius 2 is 1.76 bits per heavy atom. The average Bonchev–Trinajstić information content (AvgIpc) is 2.97. The summed E-state index contributed by atoms with van der Waals surface area (Å²) in [5.41, 5.74) is 3.30. The van der Waals surface area contributed by atoms with E-state index in [0.717, 1.165) is 16.5 Å². The van der Waals surface area contributed by atoms with Gasteiger partial charge in [0.2, 0.25) is 0 Å². The number of amides is 1. The summed E-state index contributed by atoms with van der Waals surface area (Å²) in [6.45, 7) is 6.35. The van der Waals surface area contributed by atoms with Gasteiger partial charge < -0.3 is 10.3 Å². The molecule has 3 aromatic rings. The highest BCUT2D eigenvalue weighted by Crippen LogP contribution is 2.24. The van der Waals surface area contributed by atoms with Crippen molar-refractivity contribution in [3.05, 3.63) is 71.7 Å². The monoisotopic (exact) mass is 336 g/mol. The number of carbonyl (C=O) groups excluding carboxylic acids is 1. The quantitative estimate of drug-likeness (QED) is 0.617. The highest BCUT2D eigenvalue weighted by Gasteiger charge is 2.14. The number of nitrogens with one attached hydrogen (secondary N) is 2. The number of carbonyl (C=O) groups is 1. The van der Waals surface area contributed by atoms with Crippen LogP contribution in [-0.4, -0.2) is 10.9 Å². The Morgan fingerprint density at radius 3 is 2.44 bits per heavy atom. The molecule has 0 saturated heterocycles. The van der Waals surface area contributed by atoms with Crippen LogP contribution in [0.5, 0.6) is 0 Å². The molecule has 0 aliphatic carbocycles. The molecule has 3 nitrogen and oxygen atoms in total. The molecule has 0 bridgehead atoms. The number of anilines is 1. The molecule has 0 radical (unpaired) electrons. The van der Waals surface area contributed by atoms with Crippen molar-refractivity contribution in [3.63, 3.8) is 0 Å². The van der Waals surface area contributed by atoms with E-state index in [1.165, 1.54) is 6.08 Å². The summed E-state index contributed by atoms with van der Waals surface area (Å²) < 4.78 is 14.3. The van der Waals surface area contributed by atoms with Gasteiger partial charge in [0.05, 0.1) is 0 Å². The van der Waals surface area contributed by atoms with Crippen molar-refractivity contribution in [2.45, 2.75) is 26.2 Å². The fraction of sp³-hybridized carbons (Fsp3) is 0.190. The third-order valence-corrected chi connectivity index (χ3v) is 4.13. The van der Waals surface area contributed by atoms with Gasteiger partial charge in [-0.25, -0.2) is 4.39 Å². The van der Waals surface area contributed by atoms with E-state index in [1.807, 2.05) is 36.4 Å². The lowest BCUT2D eigenvalue weighted by molar-refractivity contribution is -0.114. The van der Waals surface area contributed by atoms with Crippen LogP contribution in [0.15, 0.2) is 60.6 Å². The van der Waals surface area contributed by atoms with Gasteiger partial charge in [-0.2, -0.15) is 0 Å². The second-order valence-corrected chi connectivity index (χ2v) is 7.06. The minimum Gasteiger partial charge on any atom is -0.361 e. The van der Waals surface area contributed by atoms with Crippen molar-refractivity contribution in [2.24, 2.45) is 0 Å². The van der Waals surface area contributed by atoms with E-state index in [0.29, 0.717) is 11.3 Å². The van der Waals surface area contributed by atoms with E-state index in [2.05, 4.69) is 31.1 Å². The number of para-hydroxylation sites is 1. The smallest absolute Gasteiger partial charge is 0.284 e. The van der Waals surface area contributed by atoms with Crippen LogP contribution >= 0.6 is 0 Å². The number of H-pyrrole nitrogens is 1. The zero-order valence-electron chi connectivity index (χ0n) is 14.6. The molecule has 0 aliphatic heterocycles. The number of hydrogen-bond acceptors (Lipinski definition) is 1. The van der Waals surface area contributed by atoms with Gasteiger partial charge in [-0.1, -0.05) is 51.1 Å². The summed E-state index contributed by atoms with van der Waals surface area (Å²) in [7, 11) is 0. The summed E-state index contributed by atoms with van der Waals surface area (Å²) in [6, 6.07) is 15.0. The van der Waals surface area contributed by atoms with Crippen molar-refractivity contribution >= 4 is 28.6 Å². The number of rotatable bonds is 3. The molecule has 128 valence electrons. The fourth-order valence-corrected chi connectivity index (χ4v) is 2.66. The zero-order valence-corrected chi connectivity index (χ0v) is 14.6. The predicted octanol–water partition coefficient (Wildman–Crippen LogP) is 5.41. The molecule has 1 heterocycles. The second kappa shape index (κ2) is 6.55. The number of fused-ring (bicyclic) bond motifs is 1. The molecule has 2 N–H and O–H groups in total. The van der Waals surface area contributed by atoms with Crippen LogP contribution in [0.25, 0.3) is 17.0 Å². The molecule has 0 saturated carbocycles. The van der Waals surface area contributed by atoms with Crippen molar-refractivity contribution in [1.29, 1.82) is 0 Å². The first kappa shape index (κ1) is 17.0. The molecule has 4 heteroatoms. The Hall–Kier alpha value is -2.88. The lowest BCUT2D eigenvalue weighted by atomic mass is 9.87. The summed E-state index contributed by atoms with van der Waals surface area (Å²) in [6.07, 6.45) is 2.94. The number of hydrogen-bond donors (Lipinski definition) is 2. The SMILES string of the molecule is CC(C)(C)c1ccc(NC(=O)/C(F)=C\c2c[nH]c3ccccc23)cc1. The van der Waals surface area contributed by atoms with Gasteiger partial charge in [-0.3, -0.25) is 4.79 Å². The van der Waals surface area contributed by atoms with Gasteiger partial charge in [0.25, 0.3) is 5.91 Å². The first-order valence-corrected chi connectivity index (χ1v) is 8.20. The van der Waals surface area contributed by atoms with E-state index in [9.17, 15) is 9.18 Å². The fourth-order valence-electron chi connectivity index (χ4n) is 2.66. The predicted molar refractivity (Wildman–Crippen MR) is 101 cm³/mol. The van der Waals surface area contributed by atoms with Crippen molar-refractivity contribution in [2.75, 3.05) is 5.32 Å². The Bertz CT molecular complexity index is 930. The maximum atomic E-state index is 14.3. The van der Waals surface area contributed by atoms with Gasteiger partial charge >= 0.3 is 0 Å². The van der Waals surface area contributed by atoms with Crippen LogP contribution in [0.3, 0.4) is 0 Å². The molecule has 3 rings (SSSR count). The van der Waals surface area contributed by atoms with Gasteiger partial charge in [0.15, 0.2) is 5.83 Å². The third kappa shape index (κ3) is 3.79. The molecule has 0 spiro atoms. The Kier molecular flexibility index (Phi) is 4.45. The van der Waals surface area contributed by atoms with Crippen LogP contribution in [0.2, 0.25) is 0 Å². The number of aromatic amines is 1. The molecule has 0 atom stereocenters. The highest BCUT2D eigenvalue weighted by atomic mass is 19.1. The molecule has 25 heavy (non-hydrogen) atoms. The summed E-state index contributed by atoms with van der Waals surface area (Å²) >= 11 is 0. The van der Waals surface area contributed by atoms with Crippen molar-refractivity contribution in [1.82, 2.24) is 4.98 Å². The first-order valence-electron chi connectivity index (χ1n) is 8.20. The van der Waals surface area contributed by atoms with E-state index < -0.39 is 11.7 Å². The Balaban J connectivity index is 1.76. The standard InChI is InChI=1S/C21H21FN2O/c1-21(2,3)15-8-10-16(11-9-15)24-20(25)18(22)12-14-13-23-19-7-5-4-6-17(14)19/h4-13,23H,1-3H3,(H,24,25)/b18-12+. The number of halogens is 1. The van der Waals surface area contributed by atoms with E-state index in [4.69, 9.17) is 0 Å². The van der Waals surface area contributed by atoms with E-state index in [1.54, 1.807) is 18.3 Å². The summed E-state index contributed by atoms with van der Waals surface area (Å²) in [4.78, 5) is 15.2. The van der Waals surface area contributed by atoms with Crippen molar-refractivity contribution in [3.8, 4) is 0 Å². The van der Waals surface area contributed by atoms with E-state index in [-0.39, 0.29) is 5.41 Å². The minimum absolute atomic E-state index is 0.0308. The maximum Gasteiger partial charge on any atom is 0.284 e. The minimum atomic E-state index is -0.829. The summed E-state index contributed by atoms with van der Waals surface area (Å²) in [5, 5.41) is 3.46. The molecule has 0 unspecified atom stereocenters. The van der Waals surface area contributed by atoms with Crippen LogP contribution in [0, 0.1) is 0 Å². The Morgan fingerprint density at radius 1 is 1.08 bits per heavy atom. The van der Waals surface area contributed by atoms with Gasteiger partial charge in [0, 0.05) is 28.4 Å². The molecule has 1 amide bonds. The van der Waals surface area contributed by atoms with Crippen LogP contribution in [0.1, 0.15) is 31.9 Å². The largest absolute Gasteiger partial charge is 0.361 e. The molecule has 2 aromatic carbocycles. The van der Waals surface area contributed by atoms with Gasteiger partial charge in [-0.05, 0) is 35.3 Å². The lowest BCUT2D eigenvalue weighted by Gasteiger charge is -2.19. The molecule has 0 aliphatic rings. The summed E-state index contributed by atoms with van der Waals surface area (Å²) in [5.74, 6) is -1.58.